The molecule has 0 radical (unpaired) electrons. The van der Waals surface area contributed by atoms with Crippen molar-refractivity contribution in [1.29, 1.82) is 0 Å². The Hall–Kier alpha value is -2.14. The number of nitrogens with one attached hydrogen (secondary N) is 2. The smallest absolute Gasteiger partial charge is 0.383 e. The lowest BCUT2D eigenvalue weighted by molar-refractivity contribution is -0.137. The van der Waals surface area contributed by atoms with E-state index in [0.717, 1.165) is 34.3 Å². The van der Waals surface area contributed by atoms with Crippen molar-refractivity contribution in [1.82, 2.24) is 5.32 Å². The van der Waals surface area contributed by atoms with Crippen LogP contribution in [0.4, 0.5) is 35.9 Å². The van der Waals surface area contributed by atoms with Gasteiger partial charge in [0.05, 0.1) is 35.8 Å². The Morgan fingerprint density at radius 1 is 0.970 bits per heavy atom. The molecule has 0 aromatic heterocycles. The number of anilines is 4. The molecule has 2 N–H and O–H groups in total. The number of piperazine rings is 1. The van der Waals surface area contributed by atoms with Crippen LogP contribution in [0.25, 0.3) is 0 Å². The van der Waals surface area contributed by atoms with Crippen LogP contribution >= 0.6 is 11.8 Å². The average Bonchev–Trinajstić information content (AvgIpc) is 2.81. The molecule has 0 unspecified atom stereocenters. The molecule has 0 aliphatic carbocycles. The Balaban J connectivity index is 1.65. The zero-order valence-corrected chi connectivity index (χ0v) is 19.6. The molecule has 2 aromatic carbocycles. The van der Waals surface area contributed by atoms with Crippen LogP contribution in [0.5, 0.6) is 0 Å². The van der Waals surface area contributed by atoms with Crippen LogP contribution in [0.1, 0.15) is 5.56 Å². The van der Waals surface area contributed by atoms with Crippen molar-refractivity contribution in [3.8, 4) is 0 Å². The number of hydrogen-bond donors (Lipinski definition) is 2. The highest BCUT2D eigenvalue weighted by Crippen LogP contribution is 2.50. The molecular weight excluding hydrogens is 453 g/mol. The van der Waals surface area contributed by atoms with Gasteiger partial charge in [-0.05, 0) is 30.3 Å². The van der Waals surface area contributed by atoms with Gasteiger partial charge in [0.2, 0.25) is 0 Å². The molecule has 6 nitrogen and oxygen atoms in total. The Bertz CT molecular complexity index is 959. The first-order chi connectivity index (χ1) is 15.9. The number of ether oxygens (including phenoxy) is 2. The summed E-state index contributed by atoms with van der Waals surface area (Å²) >= 11 is 1.50. The van der Waals surface area contributed by atoms with Gasteiger partial charge in [-0.2, -0.15) is 13.2 Å². The number of rotatable bonds is 8. The normalized spacial score (nSPS) is 15.6. The fourth-order valence-electron chi connectivity index (χ4n) is 4.08. The highest BCUT2D eigenvalue weighted by Gasteiger charge is 2.37. The second-order valence-corrected chi connectivity index (χ2v) is 9.06. The largest absolute Gasteiger partial charge is 0.418 e. The summed E-state index contributed by atoms with van der Waals surface area (Å²) in [6.45, 7) is 5.05. The summed E-state index contributed by atoms with van der Waals surface area (Å²) in [4.78, 5) is 5.78. The van der Waals surface area contributed by atoms with Crippen LogP contribution in [0.3, 0.4) is 0 Å². The zero-order valence-electron chi connectivity index (χ0n) is 18.8. The standard InChI is InChI=1S/C23H29F3N4O2S/c1-31-11-9-29(10-12-32-2)16-3-4-18-21(13-16)33-22-15-20(30-7-5-27-6-8-30)17(23(24,25)26)14-19(22)28-18/h3-4,13-15,27-28H,5-12H2,1-2H3. The molecule has 2 aliphatic heterocycles. The molecule has 2 heterocycles. The van der Waals surface area contributed by atoms with E-state index < -0.39 is 11.7 Å². The van der Waals surface area contributed by atoms with Gasteiger partial charge in [0.25, 0.3) is 0 Å². The number of halogens is 3. The van der Waals surface area contributed by atoms with Gasteiger partial charge in [0.15, 0.2) is 0 Å². The predicted molar refractivity (Wildman–Crippen MR) is 126 cm³/mol. The molecule has 180 valence electrons. The van der Waals surface area contributed by atoms with Crippen molar-refractivity contribution in [2.75, 3.05) is 81.8 Å². The van der Waals surface area contributed by atoms with E-state index in [1.807, 2.05) is 17.0 Å². The number of hydrogen-bond acceptors (Lipinski definition) is 7. The summed E-state index contributed by atoms with van der Waals surface area (Å²) in [5.41, 5.74) is 1.97. The summed E-state index contributed by atoms with van der Waals surface area (Å²) in [5.74, 6) is 0. The number of benzene rings is 2. The lowest BCUT2D eigenvalue weighted by atomic mass is 10.1. The van der Waals surface area contributed by atoms with E-state index >= 15 is 0 Å². The molecule has 2 aliphatic rings. The van der Waals surface area contributed by atoms with Gasteiger partial charge in [0, 0.05) is 69.0 Å². The molecule has 0 bridgehead atoms. The van der Waals surface area contributed by atoms with Crippen molar-refractivity contribution >= 4 is 34.5 Å². The first-order valence-corrected chi connectivity index (χ1v) is 11.7. The van der Waals surface area contributed by atoms with E-state index in [0.29, 0.717) is 45.1 Å². The van der Waals surface area contributed by atoms with Gasteiger partial charge in [-0.3, -0.25) is 0 Å². The predicted octanol–water partition coefficient (Wildman–Crippen LogP) is 4.42. The van der Waals surface area contributed by atoms with Crippen LogP contribution in [-0.2, 0) is 15.7 Å². The van der Waals surface area contributed by atoms with Crippen molar-refractivity contribution in [3.05, 3.63) is 35.9 Å². The second kappa shape index (κ2) is 10.4. The Kier molecular flexibility index (Phi) is 7.58. The molecule has 0 amide bonds. The van der Waals surface area contributed by atoms with Crippen LogP contribution < -0.4 is 20.4 Å². The van der Waals surface area contributed by atoms with Gasteiger partial charge in [-0.25, -0.2) is 0 Å². The zero-order chi connectivity index (χ0) is 23.4. The van der Waals surface area contributed by atoms with E-state index in [1.54, 1.807) is 20.3 Å². The van der Waals surface area contributed by atoms with E-state index in [2.05, 4.69) is 21.6 Å². The minimum atomic E-state index is -4.42. The summed E-state index contributed by atoms with van der Waals surface area (Å²) < 4.78 is 52.2. The van der Waals surface area contributed by atoms with E-state index in [1.165, 1.54) is 17.8 Å². The Labute approximate surface area is 196 Å². The van der Waals surface area contributed by atoms with Gasteiger partial charge >= 0.3 is 6.18 Å². The fourth-order valence-corrected chi connectivity index (χ4v) is 5.11. The molecule has 4 rings (SSSR count). The molecule has 0 saturated carbocycles. The van der Waals surface area contributed by atoms with Crippen LogP contribution in [0, 0.1) is 0 Å². The van der Waals surface area contributed by atoms with Gasteiger partial charge in [-0.15, -0.1) is 0 Å². The molecule has 33 heavy (non-hydrogen) atoms. The quantitative estimate of drug-likeness (QED) is 0.493. The summed E-state index contributed by atoms with van der Waals surface area (Å²) in [6.07, 6.45) is -4.42. The average molecular weight is 483 g/mol. The van der Waals surface area contributed by atoms with Crippen molar-refractivity contribution in [2.24, 2.45) is 0 Å². The highest BCUT2D eigenvalue weighted by atomic mass is 32.2. The first-order valence-electron chi connectivity index (χ1n) is 10.9. The molecule has 1 saturated heterocycles. The van der Waals surface area contributed by atoms with E-state index in [9.17, 15) is 13.2 Å². The third-order valence-corrected chi connectivity index (χ3v) is 6.93. The summed E-state index contributed by atoms with van der Waals surface area (Å²) in [5, 5.41) is 6.42. The number of methoxy groups -OCH3 is 2. The molecule has 0 spiro atoms. The van der Waals surface area contributed by atoms with Crippen molar-refractivity contribution in [3.63, 3.8) is 0 Å². The van der Waals surface area contributed by atoms with Crippen molar-refractivity contribution in [2.45, 2.75) is 16.0 Å². The number of alkyl halides is 3. The van der Waals surface area contributed by atoms with Gasteiger partial charge in [-0.1, -0.05) is 11.8 Å². The third kappa shape index (κ3) is 5.51. The lowest BCUT2D eigenvalue weighted by Gasteiger charge is -2.33. The number of fused-ring (bicyclic) bond motifs is 2. The SMILES string of the molecule is COCCN(CCOC)c1ccc2c(c1)Sc1cc(N3CCNCC3)c(C(F)(F)F)cc1N2. The molecular formula is C23H29F3N4O2S. The lowest BCUT2D eigenvalue weighted by Crippen LogP contribution is -2.44. The number of nitrogens with zero attached hydrogens (tertiary/aromatic N) is 2. The van der Waals surface area contributed by atoms with E-state index in [4.69, 9.17) is 9.47 Å². The second-order valence-electron chi connectivity index (χ2n) is 7.98. The third-order valence-electron chi connectivity index (χ3n) is 5.81. The molecule has 1 fully saturated rings. The first kappa shape index (κ1) is 24.0. The van der Waals surface area contributed by atoms with Crippen molar-refractivity contribution < 1.29 is 22.6 Å². The molecule has 2 aromatic rings. The van der Waals surface area contributed by atoms with Crippen LogP contribution in [0.15, 0.2) is 40.1 Å². The molecule has 10 heteroatoms. The summed E-state index contributed by atoms with van der Waals surface area (Å²) in [7, 11) is 3.34. The molecule has 0 atom stereocenters. The Morgan fingerprint density at radius 3 is 2.27 bits per heavy atom. The minimum absolute atomic E-state index is 0.249. The Morgan fingerprint density at radius 2 is 1.64 bits per heavy atom. The van der Waals surface area contributed by atoms with E-state index in [-0.39, 0.29) is 5.69 Å². The monoisotopic (exact) mass is 482 g/mol. The maximum atomic E-state index is 13.9. The fraction of sp³-hybridized carbons (Fsp3) is 0.478. The topological polar surface area (TPSA) is 49.0 Å². The maximum Gasteiger partial charge on any atom is 0.418 e. The minimum Gasteiger partial charge on any atom is -0.383 e. The van der Waals surface area contributed by atoms with Crippen LogP contribution in [-0.4, -0.2) is 66.7 Å². The van der Waals surface area contributed by atoms with Gasteiger partial charge in [0.1, 0.15) is 0 Å². The summed E-state index contributed by atoms with van der Waals surface area (Å²) in [6, 6.07) is 8.90. The maximum absolute atomic E-state index is 13.9. The highest BCUT2D eigenvalue weighted by molar-refractivity contribution is 7.99. The van der Waals surface area contributed by atoms with Gasteiger partial charge < -0.3 is 29.9 Å². The van der Waals surface area contributed by atoms with Crippen LogP contribution in [0.2, 0.25) is 0 Å².